The smallest absolute Gasteiger partial charge is 0.0195 e. The van der Waals surface area contributed by atoms with Gasteiger partial charge in [0, 0.05) is 24.2 Å². The second kappa shape index (κ2) is 6.49. The highest BCUT2D eigenvalue weighted by molar-refractivity contribution is 4.77. The fourth-order valence-corrected chi connectivity index (χ4v) is 1.82. The highest BCUT2D eigenvalue weighted by atomic mass is 15.2. The minimum absolute atomic E-state index is 0.225. The van der Waals surface area contributed by atoms with Crippen molar-refractivity contribution in [3.63, 3.8) is 0 Å². The third-order valence-corrected chi connectivity index (χ3v) is 2.64. The first kappa shape index (κ1) is 14.9. The van der Waals surface area contributed by atoms with Crippen LogP contribution in [0.3, 0.4) is 0 Å². The van der Waals surface area contributed by atoms with E-state index in [-0.39, 0.29) is 5.54 Å². The summed E-state index contributed by atoms with van der Waals surface area (Å²) in [5.74, 6) is 0. The molecule has 1 atom stereocenters. The standard InChI is InChI=1S/C13H30N2/c1-8-9-15(11(2)3)12(4)10-14-13(5,6)7/h11-12,14H,8-10H2,1-7H3. The van der Waals surface area contributed by atoms with E-state index in [2.05, 4.69) is 58.7 Å². The van der Waals surface area contributed by atoms with Gasteiger partial charge in [-0.05, 0) is 54.5 Å². The fourth-order valence-electron chi connectivity index (χ4n) is 1.82. The zero-order chi connectivity index (χ0) is 12.1. The second-order valence-electron chi connectivity index (χ2n) is 5.81. The molecule has 0 aromatic heterocycles. The summed E-state index contributed by atoms with van der Waals surface area (Å²) in [5.41, 5.74) is 0.225. The van der Waals surface area contributed by atoms with Crippen LogP contribution in [0, 0.1) is 0 Å². The summed E-state index contributed by atoms with van der Waals surface area (Å²) < 4.78 is 0. The Hall–Kier alpha value is -0.0800. The van der Waals surface area contributed by atoms with Crippen molar-refractivity contribution in [2.45, 2.75) is 72.5 Å². The van der Waals surface area contributed by atoms with Crippen LogP contribution in [0.15, 0.2) is 0 Å². The average Bonchev–Trinajstić information content (AvgIpc) is 2.08. The molecule has 0 radical (unpaired) electrons. The fraction of sp³-hybridized carbons (Fsp3) is 1.00. The highest BCUT2D eigenvalue weighted by Crippen LogP contribution is 2.07. The van der Waals surface area contributed by atoms with Crippen LogP contribution in [0.2, 0.25) is 0 Å². The SMILES string of the molecule is CCCN(C(C)C)C(C)CNC(C)(C)C. The molecule has 0 aliphatic heterocycles. The van der Waals surface area contributed by atoms with Crippen LogP contribution in [0.25, 0.3) is 0 Å². The lowest BCUT2D eigenvalue weighted by molar-refractivity contribution is 0.154. The van der Waals surface area contributed by atoms with Crippen molar-refractivity contribution in [2.24, 2.45) is 0 Å². The average molecular weight is 214 g/mol. The lowest BCUT2D eigenvalue weighted by atomic mass is 10.1. The van der Waals surface area contributed by atoms with E-state index in [0.717, 1.165) is 6.54 Å². The van der Waals surface area contributed by atoms with Crippen LogP contribution < -0.4 is 5.32 Å². The van der Waals surface area contributed by atoms with Gasteiger partial charge >= 0.3 is 0 Å². The van der Waals surface area contributed by atoms with Crippen LogP contribution in [0.5, 0.6) is 0 Å². The molecule has 0 saturated carbocycles. The number of rotatable bonds is 6. The second-order valence-corrected chi connectivity index (χ2v) is 5.81. The predicted molar refractivity (Wildman–Crippen MR) is 69.4 cm³/mol. The van der Waals surface area contributed by atoms with Crippen LogP contribution in [-0.4, -0.2) is 35.6 Å². The van der Waals surface area contributed by atoms with Crippen molar-refractivity contribution in [3.05, 3.63) is 0 Å². The Kier molecular flexibility index (Phi) is 6.46. The summed E-state index contributed by atoms with van der Waals surface area (Å²) >= 11 is 0. The van der Waals surface area contributed by atoms with Crippen molar-refractivity contribution < 1.29 is 0 Å². The molecule has 0 fully saturated rings. The van der Waals surface area contributed by atoms with Crippen LogP contribution in [-0.2, 0) is 0 Å². The minimum atomic E-state index is 0.225. The summed E-state index contributed by atoms with van der Waals surface area (Å²) in [6.45, 7) is 18.1. The normalized spacial score (nSPS) is 15.0. The zero-order valence-corrected chi connectivity index (χ0v) is 11.7. The number of hydrogen-bond acceptors (Lipinski definition) is 2. The quantitative estimate of drug-likeness (QED) is 0.731. The molecule has 15 heavy (non-hydrogen) atoms. The Bertz CT molecular complexity index is 158. The molecular weight excluding hydrogens is 184 g/mol. The Morgan fingerprint density at radius 3 is 2.00 bits per heavy atom. The monoisotopic (exact) mass is 214 g/mol. The Morgan fingerprint density at radius 1 is 1.13 bits per heavy atom. The maximum absolute atomic E-state index is 3.57. The van der Waals surface area contributed by atoms with Gasteiger partial charge in [-0.1, -0.05) is 6.92 Å². The minimum Gasteiger partial charge on any atom is -0.311 e. The van der Waals surface area contributed by atoms with Gasteiger partial charge in [0.15, 0.2) is 0 Å². The van der Waals surface area contributed by atoms with Crippen molar-refractivity contribution >= 4 is 0 Å². The molecule has 0 spiro atoms. The maximum Gasteiger partial charge on any atom is 0.0195 e. The van der Waals surface area contributed by atoms with Crippen LogP contribution >= 0.6 is 0 Å². The zero-order valence-electron chi connectivity index (χ0n) is 11.7. The Morgan fingerprint density at radius 2 is 1.67 bits per heavy atom. The van der Waals surface area contributed by atoms with E-state index < -0.39 is 0 Å². The van der Waals surface area contributed by atoms with Gasteiger partial charge in [0.2, 0.25) is 0 Å². The first-order chi connectivity index (χ1) is 6.78. The predicted octanol–water partition coefficient (Wildman–Crippen LogP) is 2.88. The van der Waals surface area contributed by atoms with Gasteiger partial charge in [-0.3, -0.25) is 4.90 Å². The molecule has 0 heterocycles. The van der Waals surface area contributed by atoms with Crippen molar-refractivity contribution in [1.82, 2.24) is 10.2 Å². The molecule has 0 aliphatic rings. The van der Waals surface area contributed by atoms with E-state index in [1.165, 1.54) is 13.0 Å². The molecule has 0 amide bonds. The molecule has 92 valence electrons. The molecule has 2 nitrogen and oxygen atoms in total. The Balaban J connectivity index is 4.08. The summed E-state index contributed by atoms with van der Waals surface area (Å²) in [7, 11) is 0. The molecule has 0 aromatic rings. The molecule has 0 saturated heterocycles. The van der Waals surface area contributed by atoms with Gasteiger partial charge in [0.05, 0.1) is 0 Å². The summed E-state index contributed by atoms with van der Waals surface area (Å²) in [4.78, 5) is 2.57. The largest absolute Gasteiger partial charge is 0.311 e. The molecule has 1 N–H and O–H groups in total. The van der Waals surface area contributed by atoms with E-state index in [9.17, 15) is 0 Å². The summed E-state index contributed by atoms with van der Waals surface area (Å²) in [6.07, 6.45) is 1.23. The van der Waals surface area contributed by atoms with Crippen molar-refractivity contribution in [2.75, 3.05) is 13.1 Å². The van der Waals surface area contributed by atoms with Crippen LogP contribution in [0.1, 0.15) is 54.9 Å². The van der Waals surface area contributed by atoms with E-state index in [1.54, 1.807) is 0 Å². The number of nitrogens with one attached hydrogen (secondary N) is 1. The maximum atomic E-state index is 3.57. The van der Waals surface area contributed by atoms with E-state index in [4.69, 9.17) is 0 Å². The molecule has 0 aromatic carbocycles. The number of nitrogens with zero attached hydrogens (tertiary/aromatic N) is 1. The van der Waals surface area contributed by atoms with E-state index >= 15 is 0 Å². The highest BCUT2D eigenvalue weighted by Gasteiger charge is 2.18. The molecule has 0 aliphatic carbocycles. The molecule has 0 rings (SSSR count). The van der Waals surface area contributed by atoms with Gasteiger partial charge in [-0.15, -0.1) is 0 Å². The first-order valence-corrected chi connectivity index (χ1v) is 6.28. The van der Waals surface area contributed by atoms with Crippen LogP contribution in [0.4, 0.5) is 0 Å². The van der Waals surface area contributed by atoms with E-state index in [0.29, 0.717) is 12.1 Å². The van der Waals surface area contributed by atoms with Crippen molar-refractivity contribution in [3.8, 4) is 0 Å². The third kappa shape index (κ3) is 6.91. The third-order valence-electron chi connectivity index (χ3n) is 2.64. The van der Waals surface area contributed by atoms with E-state index in [1.807, 2.05) is 0 Å². The van der Waals surface area contributed by atoms with Gasteiger partial charge in [-0.25, -0.2) is 0 Å². The summed E-state index contributed by atoms with van der Waals surface area (Å²) in [5, 5.41) is 3.57. The van der Waals surface area contributed by atoms with Crippen molar-refractivity contribution in [1.29, 1.82) is 0 Å². The van der Waals surface area contributed by atoms with Gasteiger partial charge < -0.3 is 5.32 Å². The topological polar surface area (TPSA) is 15.3 Å². The van der Waals surface area contributed by atoms with Gasteiger partial charge in [0.25, 0.3) is 0 Å². The summed E-state index contributed by atoms with van der Waals surface area (Å²) in [6, 6.07) is 1.26. The first-order valence-electron chi connectivity index (χ1n) is 6.28. The van der Waals surface area contributed by atoms with Gasteiger partial charge in [-0.2, -0.15) is 0 Å². The molecular formula is C13H30N2. The van der Waals surface area contributed by atoms with Gasteiger partial charge in [0.1, 0.15) is 0 Å². The Labute approximate surface area is 96.4 Å². The molecule has 2 heteroatoms. The lowest BCUT2D eigenvalue weighted by Crippen LogP contribution is -2.48. The number of hydrogen-bond donors (Lipinski definition) is 1. The molecule has 0 bridgehead atoms. The molecule has 1 unspecified atom stereocenters. The lowest BCUT2D eigenvalue weighted by Gasteiger charge is -2.34.